The van der Waals surface area contributed by atoms with Crippen LogP contribution in [-0.4, -0.2) is 29.5 Å². The number of thiazole rings is 1. The highest BCUT2D eigenvalue weighted by Gasteiger charge is 2.23. The van der Waals surface area contributed by atoms with Crippen LogP contribution in [-0.2, 0) is 9.53 Å². The zero-order valence-electron chi connectivity index (χ0n) is 11.7. The van der Waals surface area contributed by atoms with Crippen molar-refractivity contribution in [2.24, 2.45) is 0 Å². The average molecular weight is 317 g/mol. The zero-order chi connectivity index (χ0) is 15.4. The molecule has 2 aromatic rings. The third-order valence-corrected chi connectivity index (χ3v) is 3.96. The molecule has 1 aromatic heterocycles. The number of ether oxygens (including phenoxy) is 1. The normalized spacial score (nSPS) is 17.2. The summed E-state index contributed by atoms with van der Waals surface area (Å²) in [6, 6.07) is 6.79. The molecule has 1 aliphatic heterocycles. The molecule has 1 fully saturated rings. The van der Waals surface area contributed by atoms with Gasteiger partial charge >= 0.3 is 0 Å². The fourth-order valence-corrected chi connectivity index (χ4v) is 2.72. The van der Waals surface area contributed by atoms with Crippen molar-refractivity contribution >= 4 is 34.0 Å². The minimum Gasteiger partial charge on any atom is -0.368 e. The van der Waals surface area contributed by atoms with E-state index in [1.54, 1.807) is 35.8 Å². The Labute approximate surface area is 131 Å². The summed E-state index contributed by atoms with van der Waals surface area (Å²) < 4.78 is 5.34. The standard InChI is InChI=1S/C15H15N3O3S/c19-13(18-15-16-6-8-22-15)10-3-1-4-11(9-10)17-14(20)12-5-2-7-21-12/h1,3-4,6,8-9,12H,2,5,7H2,(H,17,20)(H,16,18,19)/t12-/m1/s1. The van der Waals surface area contributed by atoms with Gasteiger partial charge in [-0.05, 0) is 31.0 Å². The van der Waals surface area contributed by atoms with Crippen LogP contribution in [0, 0.1) is 0 Å². The quantitative estimate of drug-likeness (QED) is 0.908. The van der Waals surface area contributed by atoms with Crippen LogP contribution in [0.25, 0.3) is 0 Å². The fraction of sp³-hybridized carbons (Fsp3) is 0.267. The molecule has 6 nitrogen and oxygen atoms in total. The summed E-state index contributed by atoms with van der Waals surface area (Å²) >= 11 is 1.35. The first-order chi connectivity index (χ1) is 10.7. The van der Waals surface area contributed by atoms with Gasteiger partial charge in [0.15, 0.2) is 5.13 Å². The van der Waals surface area contributed by atoms with E-state index in [0.717, 1.165) is 12.8 Å². The smallest absolute Gasteiger partial charge is 0.257 e. The molecule has 2 amide bonds. The second kappa shape index (κ2) is 6.67. The first-order valence-electron chi connectivity index (χ1n) is 6.96. The van der Waals surface area contributed by atoms with Gasteiger partial charge in [-0.1, -0.05) is 6.07 Å². The molecule has 1 aromatic carbocycles. The monoisotopic (exact) mass is 317 g/mol. The number of benzene rings is 1. The minimum absolute atomic E-state index is 0.171. The van der Waals surface area contributed by atoms with Gasteiger partial charge in [-0.25, -0.2) is 4.98 Å². The van der Waals surface area contributed by atoms with Crippen molar-refractivity contribution in [3.05, 3.63) is 41.4 Å². The van der Waals surface area contributed by atoms with E-state index >= 15 is 0 Å². The molecular formula is C15H15N3O3S. The molecule has 114 valence electrons. The highest BCUT2D eigenvalue weighted by molar-refractivity contribution is 7.13. The maximum Gasteiger partial charge on any atom is 0.257 e. The topological polar surface area (TPSA) is 80.3 Å². The predicted molar refractivity (Wildman–Crippen MR) is 84.1 cm³/mol. The zero-order valence-corrected chi connectivity index (χ0v) is 12.6. The van der Waals surface area contributed by atoms with Crippen molar-refractivity contribution < 1.29 is 14.3 Å². The van der Waals surface area contributed by atoms with E-state index in [2.05, 4.69) is 15.6 Å². The maximum atomic E-state index is 12.1. The lowest BCUT2D eigenvalue weighted by Crippen LogP contribution is -2.27. The molecule has 0 bridgehead atoms. The third-order valence-electron chi connectivity index (χ3n) is 3.27. The molecule has 0 aliphatic carbocycles. The van der Waals surface area contributed by atoms with Crippen LogP contribution < -0.4 is 10.6 Å². The Kier molecular flexibility index (Phi) is 4.45. The van der Waals surface area contributed by atoms with Gasteiger partial charge in [0.2, 0.25) is 0 Å². The highest BCUT2D eigenvalue weighted by Crippen LogP contribution is 2.17. The van der Waals surface area contributed by atoms with Crippen molar-refractivity contribution in [2.75, 3.05) is 17.2 Å². The number of hydrogen-bond acceptors (Lipinski definition) is 5. The number of aromatic nitrogens is 1. The van der Waals surface area contributed by atoms with Gasteiger partial charge in [0.1, 0.15) is 6.10 Å². The minimum atomic E-state index is -0.396. The van der Waals surface area contributed by atoms with Crippen molar-refractivity contribution in [3.63, 3.8) is 0 Å². The summed E-state index contributed by atoms with van der Waals surface area (Å²) in [5.41, 5.74) is 1.03. The summed E-state index contributed by atoms with van der Waals surface area (Å²) in [5, 5.41) is 7.81. The number of amides is 2. The van der Waals surface area contributed by atoms with Crippen molar-refractivity contribution in [3.8, 4) is 0 Å². The van der Waals surface area contributed by atoms with Gasteiger partial charge < -0.3 is 10.1 Å². The van der Waals surface area contributed by atoms with Crippen LogP contribution in [0.5, 0.6) is 0 Å². The Balaban J connectivity index is 1.66. The summed E-state index contributed by atoms with van der Waals surface area (Å²) in [7, 11) is 0. The summed E-state index contributed by atoms with van der Waals surface area (Å²) in [6.45, 7) is 0.619. The second-order valence-electron chi connectivity index (χ2n) is 4.86. The lowest BCUT2D eigenvalue weighted by molar-refractivity contribution is -0.124. The molecule has 3 rings (SSSR count). The largest absolute Gasteiger partial charge is 0.368 e. The number of nitrogens with zero attached hydrogens (tertiary/aromatic N) is 1. The fourth-order valence-electron chi connectivity index (χ4n) is 2.20. The summed E-state index contributed by atoms with van der Waals surface area (Å²) in [6.07, 6.45) is 2.86. The van der Waals surface area contributed by atoms with Gasteiger partial charge in [-0.2, -0.15) is 0 Å². The highest BCUT2D eigenvalue weighted by atomic mass is 32.1. The molecule has 0 spiro atoms. The Hall–Kier alpha value is -2.25. The molecule has 1 aliphatic rings. The van der Waals surface area contributed by atoms with Crippen LogP contribution in [0.15, 0.2) is 35.8 Å². The Morgan fingerprint density at radius 1 is 1.32 bits per heavy atom. The van der Waals surface area contributed by atoms with E-state index in [1.807, 2.05) is 0 Å². The van der Waals surface area contributed by atoms with Crippen LogP contribution in [0.1, 0.15) is 23.2 Å². The SMILES string of the molecule is O=C(Nc1nccs1)c1cccc(NC(=O)[C@H]2CCCO2)c1. The molecule has 0 unspecified atom stereocenters. The first kappa shape index (κ1) is 14.7. The molecule has 1 atom stereocenters. The lowest BCUT2D eigenvalue weighted by Gasteiger charge is -2.11. The Morgan fingerprint density at radius 2 is 2.23 bits per heavy atom. The number of nitrogens with one attached hydrogen (secondary N) is 2. The number of carbonyl (C=O) groups excluding carboxylic acids is 2. The Morgan fingerprint density at radius 3 is 2.95 bits per heavy atom. The summed E-state index contributed by atoms with van der Waals surface area (Å²) in [5.74, 6) is -0.432. The first-order valence-corrected chi connectivity index (χ1v) is 7.84. The van der Waals surface area contributed by atoms with Crippen LogP contribution in [0.4, 0.5) is 10.8 Å². The molecule has 2 heterocycles. The van der Waals surface area contributed by atoms with Crippen LogP contribution in [0.2, 0.25) is 0 Å². The van der Waals surface area contributed by atoms with E-state index in [0.29, 0.717) is 23.0 Å². The predicted octanol–water partition coefficient (Wildman–Crippen LogP) is 2.51. The van der Waals surface area contributed by atoms with Crippen LogP contribution >= 0.6 is 11.3 Å². The molecule has 0 saturated carbocycles. The number of carbonyl (C=O) groups is 2. The molecule has 2 N–H and O–H groups in total. The Bertz CT molecular complexity index is 666. The van der Waals surface area contributed by atoms with E-state index < -0.39 is 6.10 Å². The molecule has 7 heteroatoms. The van der Waals surface area contributed by atoms with Gasteiger partial charge in [-0.15, -0.1) is 11.3 Å². The molecule has 1 saturated heterocycles. The van der Waals surface area contributed by atoms with Crippen LogP contribution in [0.3, 0.4) is 0 Å². The van der Waals surface area contributed by atoms with E-state index in [1.165, 1.54) is 11.3 Å². The van der Waals surface area contributed by atoms with Gasteiger partial charge in [0.25, 0.3) is 11.8 Å². The molecule has 22 heavy (non-hydrogen) atoms. The van der Waals surface area contributed by atoms with Gasteiger partial charge in [0.05, 0.1) is 0 Å². The van der Waals surface area contributed by atoms with E-state index in [-0.39, 0.29) is 11.8 Å². The van der Waals surface area contributed by atoms with Gasteiger partial charge in [-0.3, -0.25) is 14.9 Å². The molecule has 0 radical (unpaired) electrons. The summed E-state index contributed by atoms with van der Waals surface area (Å²) in [4.78, 5) is 28.1. The maximum absolute atomic E-state index is 12.1. The van der Waals surface area contributed by atoms with E-state index in [9.17, 15) is 9.59 Å². The van der Waals surface area contributed by atoms with Gasteiger partial charge in [0, 0.05) is 29.4 Å². The van der Waals surface area contributed by atoms with Crippen molar-refractivity contribution in [2.45, 2.75) is 18.9 Å². The second-order valence-corrected chi connectivity index (χ2v) is 5.76. The number of hydrogen-bond donors (Lipinski definition) is 2. The van der Waals surface area contributed by atoms with Crippen molar-refractivity contribution in [1.29, 1.82) is 0 Å². The average Bonchev–Trinajstić information content (AvgIpc) is 3.21. The number of rotatable bonds is 4. The molecular weight excluding hydrogens is 302 g/mol. The number of anilines is 2. The lowest BCUT2D eigenvalue weighted by atomic mass is 10.1. The van der Waals surface area contributed by atoms with E-state index in [4.69, 9.17) is 4.74 Å². The van der Waals surface area contributed by atoms with Crippen molar-refractivity contribution in [1.82, 2.24) is 4.98 Å². The third kappa shape index (κ3) is 3.49.